The van der Waals surface area contributed by atoms with Crippen molar-refractivity contribution in [1.82, 2.24) is 9.55 Å². The van der Waals surface area contributed by atoms with Gasteiger partial charge >= 0.3 is 0 Å². The number of aryl methyl sites for hydroxylation is 2. The number of nitro benzene ring substituents is 1. The second-order valence-corrected chi connectivity index (χ2v) is 8.80. The van der Waals surface area contributed by atoms with Crippen molar-refractivity contribution in [1.29, 1.82) is 0 Å². The van der Waals surface area contributed by atoms with Gasteiger partial charge in [-0.15, -0.1) is 0 Å². The number of fused-ring (bicyclic) bond motifs is 1. The van der Waals surface area contributed by atoms with Crippen LogP contribution in [0.1, 0.15) is 11.1 Å². The van der Waals surface area contributed by atoms with Crippen molar-refractivity contribution < 1.29 is 9.72 Å². The molecule has 0 spiro atoms. The van der Waals surface area contributed by atoms with E-state index in [1.54, 1.807) is 29.8 Å². The number of non-ortho nitro benzene ring substituents is 1. The van der Waals surface area contributed by atoms with E-state index in [-0.39, 0.29) is 22.9 Å². The van der Waals surface area contributed by atoms with Crippen LogP contribution in [0.25, 0.3) is 16.6 Å². The number of hydrogen-bond acceptors (Lipinski definition) is 6. The molecule has 1 heterocycles. The standard InChI is InChI=1S/C25H22N4O4S/c1-16-8-13-22(17(2)14-16)28-24(31)20-6-4-5-7-21(20)26-25(28)34-15-23(30)27(3)18-9-11-19(12-10-18)29(32)33/h4-14H,15H2,1-3H3. The lowest BCUT2D eigenvalue weighted by molar-refractivity contribution is -0.384. The Balaban J connectivity index is 1.67. The van der Waals surface area contributed by atoms with Gasteiger partial charge < -0.3 is 4.90 Å². The summed E-state index contributed by atoms with van der Waals surface area (Å²) in [5, 5.41) is 11.8. The molecule has 0 bridgehead atoms. The molecule has 0 saturated carbocycles. The van der Waals surface area contributed by atoms with Crippen molar-refractivity contribution in [2.75, 3.05) is 17.7 Å². The summed E-state index contributed by atoms with van der Waals surface area (Å²) in [6.07, 6.45) is 0. The number of nitro groups is 1. The number of anilines is 1. The lowest BCUT2D eigenvalue weighted by Crippen LogP contribution is -2.29. The van der Waals surface area contributed by atoms with Gasteiger partial charge in [-0.05, 0) is 49.7 Å². The van der Waals surface area contributed by atoms with Crippen LogP contribution >= 0.6 is 11.8 Å². The van der Waals surface area contributed by atoms with Crippen LogP contribution < -0.4 is 10.5 Å². The van der Waals surface area contributed by atoms with Gasteiger partial charge in [-0.1, -0.05) is 41.6 Å². The van der Waals surface area contributed by atoms with Gasteiger partial charge in [0.15, 0.2) is 5.16 Å². The zero-order valence-corrected chi connectivity index (χ0v) is 19.7. The first kappa shape index (κ1) is 23.2. The lowest BCUT2D eigenvalue weighted by atomic mass is 10.1. The van der Waals surface area contributed by atoms with Crippen molar-refractivity contribution in [3.05, 3.63) is 98.3 Å². The van der Waals surface area contributed by atoms with Crippen molar-refractivity contribution in [3.63, 3.8) is 0 Å². The predicted molar refractivity (Wildman–Crippen MR) is 134 cm³/mol. The molecule has 0 atom stereocenters. The molecule has 1 aromatic heterocycles. The average Bonchev–Trinajstić information content (AvgIpc) is 2.83. The molecule has 0 aliphatic carbocycles. The second kappa shape index (κ2) is 9.48. The Labute approximate surface area is 200 Å². The van der Waals surface area contributed by atoms with Gasteiger partial charge in [-0.3, -0.25) is 24.3 Å². The predicted octanol–water partition coefficient (Wildman–Crippen LogP) is 4.67. The molecule has 0 N–H and O–H groups in total. The lowest BCUT2D eigenvalue weighted by Gasteiger charge is -2.18. The second-order valence-electron chi connectivity index (χ2n) is 7.86. The summed E-state index contributed by atoms with van der Waals surface area (Å²) < 4.78 is 1.56. The van der Waals surface area contributed by atoms with E-state index in [2.05, 4.69) is 0 Å². The molecule has 0 fully saturated rings. The Morgan fingerprint density at radius 3 is 2.47 bits per heavy atom. The summed E-state index contributed by atoms with van der Waals surface area (Å²) in [5.74, 6) is -0.197. The molecule has 172 valence electrons. The maximum absolute atomic E-state index is 13.4. The number of aromatic nitrogens is 2. The van der Waals surface area contributed by atoms with E-state index in [9.17, 15) is 19.7 Å². The number of hydrogen-bond donors (Lipinski definition) is 0. The highest BCUT2D eigenvalue weighted by atomic mass is 32.2. The average molecular weight is 475 g/mol. The molecular weight excluding hydrogens is 452 g/mol. The molecule has 0 unspecified atom stereocenters. The highest BCUT2D eigenvalue weighted by Crippen LogP contribution is 2.25. The first-order valence-electron chi connectivity index (χ1n) is 10.5. The third-order valence-electron chi connectivity index (χ3n) is 5.48. The van der Waals surface area contributed by atoms with E-state index in [1.807, 2.05) is 38.1 Å². The van der Waals surface area contributed by atoms with Crippen LogP contribution in [-0.4, -0.2) is 33.2 Å². The molecule has 3 aromatic carbocycles. The van der Waals surface area contributed by atoms with E-state index in [1.165, 1.54) is 40.9 Å². The number of amides is 1. The zero-order valence-electron chi connectivity index (χ0n) is 18.9. The largest absolute Gasteiger partial charge is 0.315 e. The summed E-state index contributed by atoms with van der Waals surface area (Å²) in [6, 6.07) is 18.7. The van der Waals surface area contributed by atoms with E-state index < -0.39 is 4.92 Å². The number of thioether (sulfide) groups is 1. The van der Waals surface area contributed by atoms with Crippen molar-refractivity contribution in [2.45, 2.75) is 19.0 Å². The van der Waals surface area contributed by atoms with Crippen LogP contribution in [0.3, 0.4) is 0 Å². The van der Waals surface area contributed by atoms with Gasteiger partial charge in [0.25, 0.3) is 11.2 Å². The topological polar surface area (TPSA) is 98.3 Å². The molecular formula is C25H22N4O4S. The first-order valence-corrected chi connectivity index (χ1v) is 11.5. The van der Waals surface area contributed by atoms with Crippen molar-refractivity contribution in [2.24, 2.45) is 0 Å². The molecule has 9 heteroatoms. The third kappa shape index (κ3) is 4.55. The van der Waals surface area contributed by atoms with Gasteiger partial charge in [-0.2, -0.15) is 0 Å². The monoisotopic (exact) mass is 474 g/mol. The van der Waals surface area contributed by atoms with E-state index in [0.29, 0.717) is 27.4 Å². The fourth-order valence-corrected chi connectivity index (χ4v) is 4.56. The van der Waals surface area contributed by atoms with Gasteiger partial charge in [0.1, 0.15) is 0 Å². The van der Waals surface area contributed by atoms with E-state index in [0.717, 1.165) is 11.1 Å². The molecule has 0 aliphatic rings. The quantitative estimate of drug-likeness (QED) is 0.174. The highest BCUT2D eigenvalue weighted by molar-refractivity contribution is 7.99. The van der Waals surface area contributed by atoms with Gasteiger partial charge in [0.2, 0.25) is 5.91 Å². The Hall–Kier alpha value is -3.98. The minimum atomic E-state index is -0.487. The maximum Gasteiger partial charge on any atom is 0.269 e. The summed E-state index contributed by atoms with van der Waals surface area (Å²) in [7, 11) is 1.61. The van der Waals surface area contributed by atoms with E-state index >= 15 is 0 Å². The Morgan fingerprint density at radius 1 is 1.09 bits per heavy atom. The Bertz CT molecular complexity index is 1460. The Morgan fingerprint density at radius 2 is 1.79 bits per heavy atom. The van der Waals surface area contributed by atoms with Crippen LogP contribution in [0.15, 0.2) is 76.7 Å². The SMILES string of the molecule is Cc1ccc(-n2c(SCC(=O)N(C)c3ccc([N+](=O)[O-])cc3)nc3ccccc3c2=O)c(C)c1. The highest BCUT2D eigenvalue weighted by Gasteiger charge is 2.18. The number of nitrogens with zero attached hydrogens (tertiary/aromatic N) is 4. The van der Waals surface area contributed by atoms with Gasteiger partial charge in [0.05, 0.1) is 27.3 Å². The summed E-state index contributed by atoms with van der Waals surface area (Å²) in [5.41, 5.74) is 3.58. The fourth-order valence-electron chi connectivity index (χ4n) is 3.64. The summed E-state index contributed by atoms with van der Waals surface area (Å²) >= 11 is 1.18. The minimum Gasteiger partial charge on any atom is -0.315 e. The van der Waals surface area contributed by atoms with Crippen LogP contribution in [0.2, 0.25) is 0 Å². The molecule has 34 heavy (non-hydrogen) atoms. The Kier molecular flexibility index (Phi) is 6.47. The van der Waals surface area contributed by atoms with Gasteiger partial charge in [-0.25, -0.2) is 4.98 Å². The van der Waals surface area contributed by atoms with Crippen molar-refractivity contribution >= 4 is 39.9 Å². The number of carbonyl (C=O) groups excluding carboxylic acids is 1. The summed E-state index contributed by atoms with van der Waals surface area (Å²) in [4.78, 5) is 42.8. The van der Waals surface area contributed by atoms with Crippen LogP contribution in [-0.2, 0) is 4.79 Å². The number of carbonyl (C=O) groups is 1. The number of benzene rings is 3. The van der Waals surface area contributed by atoms with Crippen LogP contribution in [0, 0.1) is 24.0 Å². The molecule has 4 aromatic rings. The molecule has 8 nitrogen and oxygen atoms in total. The van der Waals surface area contributed by atoms with Crippen LogP contribution in [0.4, 0.5) is 11.4 Å². The van der Waals surface area contributed by atoms with E-state index in [4.69, 9.17) is 4.98 Å². The maximum atomic E-state index is 13.4. The minimum absolute atomic E-state index is 0.0309. The van der Waals surface area contributed by atoms with Crippen molar-refractivity contribution in [3.8, 4) is 5.69 Å². The normalized spacial score (nSPS) is 10.9. The first-order chi connectivity index (χ1) is 16.3. The number of rotatable bonds is 6. The third-order valence-corrected chi connectivity index (χ3v) is 6.41. The molecule has 0 aliphatic heterocycles. The fraction of sp³-hybridized carbons (Fsp3) is 0.160. The molecule has 4 rings (SSSR count). The smallest absolute Gasteiger partial charge is 0.269 e. The zero-order chi connectivity index (χ0) is 24.4. The molecule has 0 saturated heterocycles. The number of para-hydroxylation sites is 1. The molecule has 1 amide bonds. The van der Waals surface area contributed by atoms with Gasteiger partial charge in [0, 0.05) is 24.9 Å². The van der Waals surface area contributed by atoms with Crippen LogP contribution in [0.5, 0.6) is 0 Å². The summed E-state index contributed by atoms with van der Waals surface area (Å²) in [6.45, 7) is 3.92. The molecule has 0 radical (unpaired) electrons.